The van der Waals surface area contributed by atoms with Crippen LogP contribution in [0.25, 0.3) is 0 Å². The molecule has 2 fully saturated rings. The SMILES string of the molecule is C=CON1C(C)(C)CC(c2ccc(C3CCC(c4ccc(CCC)cc4)CC3)cc2)CC1(C)C. The van der Waals surface area contributed by atoms with Crippen LogP contribution in [0.4, 0.5) is 0 Å². The molecule has 2 heteroatoms. The van der Waals surface area contributed by atoms with Crippen LogP contribution in [-0.2, 0) is 11.3 Å². The summed E-state index contributed by atoms with van der Waals surface area (Å²) in [4.78, 5) is 5.85. The highest BCUT2D eigenvalue weighted by Gasteiger charge is 2.47. The van der Waals surface area contributed by atoms with Crippen LogP contribution in [0.5, 0.6) is 0 Å². The second-order valence-electron chi connectivity index (χ2n) is 12.0. The predicted octanol–water partition coefficient (Wildman–Crippen LogP) is 8.89. The Hall–Kier alpha value is -2.06. The summed E-state index contributed by atoms with van der Waals surface area (Å²) in [7, 11) is 0. The highest BCUT2D eigenvalue weighted by atomic mass is 16.7. The summed E-state index contributed by atoms with van der Waals surface area (Å²) in [5, 5.41) is 2.15. The molecular formula is C32H45NO. The monoisotopic (exact) mass is 459 g/mol. The molecule has 2 aromatic rings. The third-order valence-corrected chi connectivity index (χ3v) is 8.37. The zero-order chi connectivity index (χ0) is 24.3. The lowest BCUT2D eigenvalue weighted by Crippen LogP contribution is -2.59. The van der Waals surface area contributed by atoms with Gasteiger partial charge < -0.3 is 4.84 Å². The quantitative estimate of drug-likeness (QED) is 0.383. The van der Waals surface area contributed by atoms with Gasteiger partial charge >= 0.3 is 0 Å². The first-order valence-electron chi connectivity index (χ1n) is 13.5. The van der Waals surface area contributed by atoms with E-state index in [1.165, 1.54) is 55.2 Å². The summed E-state index contributed by atoms with van der Waals surface area (Å²) < 4.78 is 0. The first-order chi connectivity index (χ1) is 16.2. The lowest BCUT2D eigenvalue weighted by Gasteiger charge is -2.53. The third kappa shape index (κ3) is 5.43. The molecule has 1 saturated carbocycles. The van der Waals surface area contributed by atoms with E-state index in [1.54, 1.807) is 11.8 Å². The molecule has 2 nitrogen and oxygen atoms in total. The Labute approximate surface area is 208 Å². The number of hydrogen-bond acceptors (Lipinski definition) is 2. The van der Waals surface area contributed by atoms with Crippen LogP contribution in [0.1, 0.15) is 120 Å². The maximum atomic E-state index is 5.85. The topological polar surface area (TPSA) is 12.5 Å². The molecule has 2 aliphatic rings. The van der Waals surface area contributed by atoms with Gasteiger partial charge in [0.05, 0.1) is 11.1 Å². The van der Waals surface area contributed by atoms with Crippen LogP contribution in [0.2, 0.25) is 0 Å². The number of aryl methyl sites for hydroxylation is 1. The van der Waals surface area contributed by atoms with Gasteiger partial charge in [0.25, 0.3) is 0 Å². The maximum Gasteiger partial charge on any atom is 0.104 e. The number of piperidine rings is 1. The van der Waals surface area contributed by atoms with Gasteiger partial charge in [-0.2, -0.15) is 0 Å². The van der Waals surface area contributed by atoms with E-state index in [0.29, 0.717) is 11.8 Å². The Kier molecular flexibility index (Phi) is 7.57. The fourth-order valence-electron chi connectivity index (χ4n) is 6.90. The minimum Gasteiger partial charge on any atom is -0.413 e. The van der Waals surface area contributed by atoms with E-state index in [-0.39, 0.29) is 11.1 Å². The molecule has 4 rings (SSSR count). The van der Waals surface area contributed by atoms with Crippen molar-refractivity contribution in [2.75, 3.05) is 0 Å². The van der Waals surface area contributed by atoms with Gasteiger partial charge in [0, 0.05) is 0 Å². The molecule has 0 unspecified atom stereocenters. The second kappa shape index (κ2) is 10.3. The van der Waals surface area contributed by atoms with Gasteiger partial charge in [0.2, 0.25) is 0 Å². The summed E-state index contributed by atoms with van der Waals surface area (Å²) in [6.07, 6.45) is 11.4. The van der Waals surface area contributed by atoms with E-state index in [0.717, 1.165) is 18.8 Å². The van der Waals surface area contributed by atoms with Crippen molar-refractivity contribution in [1.82, 2.24) is 5.06 Å². The predicted molar refractivity (Wildman–Crippen MR) is 144 cm³/mol. The molecule has 0 N–H and O–H groups in total. The van der Waals surface area contributed by atoms with E-state index in [2.05, 4.69) is 94.8 Å². The Bertz CT molecular complexity index is 914. The van der Waals surface area contributed by atoms with Crippen molar-refractivity contribution < 1.29 is 4.84 Å². The number of hydroxylamine groups is 2. The average molecular weight is 460 g/mol. The van der Waals surface area contributed by atoms with Crippen LogP contribution in [-0.4, -0.2) is 16.1 Å². The minimum absolute atomic E-state index is 0.0353. The van der Waals surface area contributed by atoms with E-state index >= 15 is 0 Å². The van der Waals surface area contributed by atoms with Crippen molar-refractivity contribution in [3.05, 3.63) is 83.6 Å². The zero-order valence-corrected chi connectivity index (χ0v) is 22.1. The molecule has 0 amide bonds. The van der Waals surface area contributed by atoms with Crippen molar-refractivity contribution in [1.29, 1.82) is 0 Å². The molecule has 0 atom stereocenters. The largest absolute Gasteiger partial charge is 0.413 e. The van der Waals surface area contributed by atoms with E-state index in [4.69, 9.17) is 4.84 Å². The highest BCUT2D eigenvalue weighted by molar-refractivity contribution is 5.31. The van der Waals surface area contributed by atoms with Crippen molar-refractivity contribution >= 4 is 0 Å². The molecule has 1 aliphatic carbocycles. The molecular weight excluding hydrogens is 414 g/mol. The molecule has 184 valence electrons. The van der Waals surface area contributed by atoms with Crippen LogP contribution >= 0.6 is 0 Å². The Balaban J connectivity index is 1.37. The van der Waals surface area contributed by atoms with Gasteiger partial charge in [0.15, 0.2) is 0 Å². The fraction of sp³-hybridized carbons (Fsp3) is 0.562. The fourth-order valence-corrected chi connectivity index (χ4v) is 6.90. The lowest BCUT2D eigenvalue weighted by atomic mass is 9.72. The molecule has 34 heavy (non-hydrogen) atoms. The molecule has 0 spiro atoms. The maximum absolute atomic E-state index is 5.85. The van der Waals surface area contributed by atoms with Gasteiger partial charge in [-0.3, -0.25) is 0 Å². The van der Waals surface area contributed by atoms with Gasteiger partial charge in [0.1, 0.15) is 6.26 Å². The molecule has 1 aliphatic heterocycles. The van der Waals surface area contributed by atoms with Crippen LogP contribution in [0, 0.1) is 0 Å². The number of nitrogens with zero attached hydrogens (tertiary/aromatic N) is 1. The molecule has 1 heterocycles. The standard InChI is InChI=1S/C32H45NO/c1-7-9-24-10-12-25(13-11-24)26-14-16-27(17-15-26)28-18-20-29(21-19-28)30-22-31(3,4)33(34-8-2)32(5,6)23-30/h8,10-13,18-21,26-27,30H,2,7,9,14-17,22-23H2,1,3-6H3. The first-order valence-corrected chi connectivity index (χ1v) is 13.5. The van der Waals surface area contributed by atoms with Crippen LogP contribution in [0.15, 0.2) is 61.4 Å². The normalized spacial score (nSPS) is 25.1. The third-order valence-electron chi connectivity index (χ3n) is 8.37. The van der Waals surface area contributed by atoms with E-state index in [9.17, 15) is 0 Å². The zero-order valence-electron chi connectivity index (χ0n) is 22.1. The summed E-state index contributed by atoms with van der Waals surface area (Å²) in [5.74, 6) is 1.99. The highest BCUT2D eigenvalue weighted by Crippen LogP contribution is 2.46. The van der Waals surface area contributed by atoms with Crippen molar-refractivity contribution in [2.24, 2.45) is 0 Å². The van der Waals surface area contributed by atoms with Crippen LogP contribution in [0.3, 0.4) is 0 Å². The summed E-state index contributed by atoms with van der Waals surface area (Å²) in [5.41, 5.74) is 5.96. The molecule has 0 bridgehead atoms. The van der Waals surface area contributed by atoms with E-state index < -0.39 is 0 Å². The number of rotatable bonds is 7. The van der Waals surface area contributed by atoms with E-state index in [1.807, 2.05) is 0 Å². The van der Waals surface area contributed by atoms with Gasteiger partial charge in [-0.05, 0) is 113 Å². The second-order valence-corrected chi connectivity index (χ2v) is 12.0. The van der Waals surface area contributed by atoms with Crippen LogP contribution < -0.4 is 0 Å². The van der Waals surface area contributed by atoms with Gasteiger partial charge in [-0.15, -0.1) is 5.06 Å². The van der Waals surface area contributed by atoms with Crippen molar-refractivity contribution in [3.8, 4) is 0 Å². The molecule has 0 aromatic heterocycles. The van der Waals surface area contributed by atoms with Crippen molar-refractivity contribution in [3.63, 3.8) is 0 Å². The average Bonchev–Trinajstić information content (AvgIpc) is 2.82. The first kappa shape index (κ1) is 25.0. The number of benzene rings is 2. The summed E-state index contributed by atoms with van der Waals surface area (Å²) in [6.45, 7) is 15.2. The molecule has 1 saturated heterocycles. The Morgan fingerprint density at radius 2 is 1.18 bits per heavy atom. The Morgan fingerprint density at radius 3 is 1.59 bits per heavy atom. The number of hydrogen-bond donors (Lipinski definition) is 0. The lowest BCUT2D eigenvalue weighted by molar-refractivity contribution is -0.249. The smallest absolute Gasteiger partial charge is 0.104 e. The molecule has 0 radical (unpaired) electrons. The summed E-state index contributed by atoms with van der Waals surface area (Å²) in [6, 6.07) is 19.1. The summed E-state index contributed by atoms with van der Waals surface area (Å²) >= 11 is 0. The minimum atomic E-state index is -0.0353. The Morgan fingerprint density at radius 1 is 0.765 bits per heavy atom. The molecule has 2 aromatic carbocycles. The van der Waals surface area contributed by atoms with Crippen molar-refractivity contribution in [2.45, 2.75) is 115 Å². The van der Waals surface area contributed by atoms with Gasteiger partial charge in [-0.25, -0.2) is 0 Å². The van der Waals surface area contributed by atoms with Gasteiger partial charge in [-0.1, -0.05) is 68.5 Å².